The van der Waals surface area contributed by atoms with Crippen molar-refractivity contribution in [3.8, 4) is 0 Å². The molecule has 2 aromatic rings. The second-order valence-electron chi connectivity index (χ2n) is 5.39. The fraction of sp³-hybridized carbons (Fsp3) is 0.125. The Morgan fingerprint density at radius 1 is 1.08 bits per heavy atom. The molecule has 1 aliphatic rings. The summed E-state index contributed by atoms with van der Waals surface area (Å²) in [6.07, 6.45) is -4.46. The third kappa shape index (κ3) is 3.69. The molecule has 0 atom stereocenters. The van der Waals surface area contributed by atoms with Crippen molar-refractivity contribution in [3.63, 3.8) is 0 Å². The van der Waals surface area contributed by atoms with Crippen LogP contribution in [0.2, 0.25) is 0 Å². The van der Waals surface area contributed by atoms with Crippen LogP contribution in [-0.2, 0) is 21.0 Å². The molecule has 0 saturated heterocycles. The Morgan fingerprint density at radius 3 is 2.38 bits per heavy atom. The highest BCUT2D eigenvalue weighted by Gasteiger charge is 2.31. The molecule has 0 aromatic heterocycles. The molecule has 2 N–H and O–H groups in total. The average molecular weight is 383 g/mol. The number of benzene rings is 2. The van der Waals surface area contributed by atoms with Crippen molar-refractivity contribution in [3.05, 3.63) is 59.7 Å². The molecule has 0 radical (unpaired) electrons. The van der Waals surface area contributed by atoms with Gasteiger partial charge in [-0.05, 0) is 36.4 Å². The fourth-order valence-corrected chi connectivity index (χ4v) is 3.60. The Hall–Kier alpha value is -2.88. The van der Waals surface area contributed by atoms with Crippen molar-refractivity contribution < 1.29 is 26.4 Å². The van der Waals surface area contributed by atoms with Crippen LogP contribution < -0.4 is 10.0 Å². The summed E-state index contributed by atoms with van der Waals surface area (Å²) in [6.45, 7) is -0.396. The van der Waals surface area contributed by atoms with Gasteiger partial charge in [-0.25, -0.2) is 8.42 Å². The summed E-state index contributed by atoms with van der Waals surface area (Å²) in [5, 5.41) is 2.40. The lowest BCUT2D eigenvalue weighted by molar-refractivity contribution is -0.137. The maximum Gasteiger partial charge on any atom is 0.416 e. The molecule has 6 nitrogen and oxygen atoms in total. The standard InChI is InChI=1S/C16H12F3N3O3S/c17-16(18,19)10-5-7-11(8-6-10)21-14(23)9-20-15-12-3-1-2-4-13(12)26(24,25)22-15/h1-8H,9H2,(H,20,22)(H,21,23). The number of amides is 1. The van der Waals surface area contributed by atoms with Crippen LogP contribution in [0.15, 0.2) is 58.4 Å². The van der Waals surface area contributed by atoms with Gasteiger partial charge in [0.05, 0.1) is 10.5 Å². The summed E-state index contributed by atoms with van der Waals surface area (Å²) in [7, 11) is -3.70. The number of carbonyl (C=O) groups is 1. The van der Waals surface area contributed by atoms with Gasteiger partial charge in [0.1, 0.15) is 12.4 Å². The second kappa shape index (κ2) is 6.45. The molecular formula is C16H12F3N3O3S. The minimum absolute atomic E-state index is 0.0446. The van der Waals surface area contributed by atoms with Gasteiger partial charge in [-0.2, -0.15) is 13.2 Å². The molecular weight excluding hydrogens is 371 g/mol. The van der Waals surface area contributed by atoms with E-state index in [0.717, 1.165) is 24.3 Å². The Morgan fingerprint density at radius 2 is 1.73 bits per heavy atom. The maximum absolute atomic E-state index is 12.5. The van der Waals surface area contributed by atoms with Gasteiger partial charge in [0.15, 0.2) is 0 Å². The highest BCUT2D eigenvalue weighted by Crippen LogP contribution is 2.29. The van der Waals surface area contributed by atoms with Crippen LogP contribution in [-0.4, -0.2) is 26.7 Å². The minimum Gasteiger partial charge on any atom is -0.324 e. The second-order valence-corrected chi connectivity index (χ2v) is 7.04. The Kier molecular flexibility index (Phi) is 4.45. The lowest BCUT2D eigenvalue weighted by Gasteiger charge is -2.08. The highest BCUT2D eigenvalue weighted by molar-refractivity contribution is 7.90. The van der Waals surface area contributed by atoms with E-state index in [2.05, 4.69) is 15.0 Å². The van der Waals surface area contributed by atoms with E-state index in [1.165, 1.54) is 6.07 Å². The third-order valence-electron chi connectivity index (χ3n) is 3.54. The summed E-state index contributed by atoms with van der Waals surface area (Å²) in [5.41, 5.74) is -0.293. The predicted octanol–water partition coefficient (Wildman–Crippen LogP) is 2.38. The van der Waals surface area contributed by atoms with E-state index >= 15 is 0 Å². The molecule has 0 fully saturated rings. The van der Waals surface area contributed by atoms with Crippen molar-refractivity contribution in [1.29, 1.82) is 0 Å². The van der Waals surface area contributed by atoms with E-state index in [9.17, 15) is 26.4 Å². The van der Waals surface area contributed by atoms with Gasteiger partial charge >= 0.3 is 6.18 Å². The van der Waals surface area contributed by atoms with Crippen molar-refractivity contribution >= 4 is 27.5 Å². The highest BCUT2D eigenvalue weighted by atomic mass is 32.2. The first-order chi connectivity index (χ1) is 12.2. The van der Waals surface area contributed by atoms with E-state index in [1.54, 1.807) is 18.2 Å². The molecule has 1 heterocycles. The number of hydrogen-bond donors (Lipinski definition) is 2. The summed E-state index contributed by atoms with van der Waals surface area (Å²) >= 11 is 0. The van der Waals surface area contributed by atoms with E-state index < -0.39 is 34.2 Å². The first kappa shape index (κ1) is 17.9. The number of aliphatic imine (C=N–C) groups is 1. The molecule has 26 heavy (non-hydrogen) atoms. The molecule has 3 rings (SSSR count). The third-order valence-corrected chi connectivity index (χ3v) is 4.94. The zero-order valence-electron chi connectivity index (χ0n) is 13.0. The molecule has 1 aliphatic heterocycles. The van der Waals surface area contributed by atoms with Gasteiger partial charge in [-0.3, -0.25) is 14.5 Å². The number of rotatable bonds is 3. The number of anilines is 1. The van der Waals surface area contributed by atoms with Crippen LogP contribution in [0.4, 0.5) is 18.9 Å². The Balaban J connectivity index is 1.69. The molecule has 0 bridgehead atoms. The van der Waals surface area contributed by atoms with Crippen LogP contribution in [0, 0.1) is 0 Å². The Labute approximate surface area is 146 Å². The normalized spacial score (nSPS) is 16.8. The van der Waals surface area contributed by atoms with Crippen LogP contribution >= 0.6 is 0 Å². The average Bonchev–Trinajstić information content (AvgIpc) is 2.84. The largest absolute Gasteiger partial charge is 0.416 e. The van der Waals surface area contributed by atoms with Crippen LogP contribution in [0.25, 0.3) is 0 Å². The Bertz CT molecular complexity index is 984. The first-order valence-electron chi connectivity index (χ1n) is 7.30. The van der Waals surface area contributed by atoms with Gasteiger partial charge in [-0.15, -0.1) is 0 Å². The molecule has 136 valence electrons. The van der Waals surface area contributed by atoms with E-state index in [1.807, 2.05) is 0 Å². The fourth-order valence-electron chi connectivity index (χ4n) is 2.35. The number of sulfonamides is 1. The summed E-state index contributed by atoms with van der Waals surface area (Å²) in [4.78, 5) is 15.9. The first-order valence-corrected chi connectivity index (χ1v) is 8.79. The van der Waals surface area contributed by atoms with E-state index in [0.29, 0.717) is 5.56 Å². The number of amidine groups is 1. The van der Waals surface area contributed by atoms with Crippen LogP contribution in [0.1, 0.15) is 11.1 Å². The molecule has 0 saturated carbocycles. The SMILES string of the molecule is O=C(CN=C1NS(=O)(=O)c2ccccc21)Nc1ccc(C(F)(F)F)cc1. The molecule has 2 aromatic carbocycles. The number of carbonyl (C=O) groups excluding carboxylic acids is 1. The number of nitrogens with zero attached hydrogens (tertiary/aromatic N) is 1. The molecule has 0 unspecified atom stereocenters. The number of nitrogens with one attached hydrogen (secondary N) is 2. The van der Waals surface area contributed by atoms with Crippen molar-refractivity contribution in [2.45, 2.75) is 11.1 Å². The van der Waals surface area contributed by atoms with Crippen molar-refractivity contribution in [1.82, 2.24) is 4.72 Å². The molecule has 0 aliphatic carbocycles. The van der Waals surface area contributed by atoms with Crippen LogP contribution in [0.5, 0.6) is 0 Å². The molecule has 0 spiro atoms. The predicted molar refractivity (Wildman–Crippen MR) is 88.2 cm³/mol. The summed E-state index contributed by atoms with van der Waals surface area (Å²) in [6, 6.07) is 10.1. The molecule has 1 amide bonds. The van der Waals surface area contributed by atoms with Gasteiger partial charge < -0.3 is 5.32 Å². The number of fused-ring (bicyclic) bond motifs is 1. The minimum atomic E-state index is -4.46. The number of halogens is 3. The smallest absolute Gasteiger partial charge is 0.324 e. The van der Waals surface area contributed by atoms with Gasteiger partial charge in [0, 0.05) is 11.3 Å². The lowest BCUT2D eigenvalue weighted by atomic mass is 10.2. The van der Waals surface area contributed by atoms with Gasteiger partial charge in [0.25, 0.3) is 10.0 Å². The molecule has 10 heteroatoms. The lowest BCUT2D eigenvalue weighted by Crippen LogP contribution is -2.24. The topological polar surface area (TPSA) is 87.6 Å². The van der Waals surface area contributed by atoms with Crippen molar-refractivity contribution in [2.75, 3.05) is 11.9 Å². The summed E-state index contributed by atoms with van der Waals surface area (Å²) in [5.74, 6) is -0.552. The van der Waals surface area contributed by atoms with Gasteiger partial charge in [0.2, 0.25) is 5.91 Å². The maximum atomic E-state index is 12.5. The monoisotopic (exact) mass is 383 g/mol. The van der Waals surface area contributed by atoms with Crippen molar-refractivity contribution in [2.24, 2.45) is 4.99 Å². The van der Waals surface area contributed by atoms with Gasteiger partial charge in [-0.1, -0.05) is 12.1 Å². The van der Waals surface area contributed by atoms with E-state index in [4.69, 9.17) is 0 Å². The number of alkyl halides is 3. The zero-order valence-corrected chi connectivity index (χ0v) is 13.9. The van der Waals surface area contributed by atoms with E-state index in [-0.39, 0.29) is 16.4 Å². The summed E-state index contributed by atoms with van der Waals surface area (Å²) < 4.78 is 63.6. The zero-order chi connectivity index (χ0) is 18.9. The van der Waals surface area contributed by atoms with Crippen LogP contribution in [0.3, 0.4) is 0 Å². The number of hydrogen-bond acceptors (Lipinski definition) is 4. The quantitative estimate of drug-likeness (QED) is 0.853.